The molecule has 0 bridgehead atoms. The average molecular weight is 278 g/mol. The normalized spacial score (nSPS) is 15.2. The number of ether oxygens (including phenoxy) is 1. The van der Waals surface area contributed by atoms with Crippen molar-refractivity contribution in [3.05, 3.63) is 29.6 Å². The highest BCUT2D eigenvalue weighted by Gasteiger charge is 2.26. The van der Waals surface area contributed by atoms with Crippen LogP contribution in [0.5, 0.6) is 5.75 Å². The van der Waals surface area contributed by atoms with Crippen LogP contribution in [0.25, 0.3) is 0 Å². The number of aryl methyl sites for hydroxylation is 1. The van der Waals surface area contributed by atoms with E-state index < -0.39 is 5.54 Å². The zero-order valence-corrected chi connectivity index (χ0v) is 12.7. The van der Waals surface area contributed by atoms with Crippen LogP contribution in [0.2, 0.25) is 0 Å². The topological polar surface area (TPSA) is 45.0 Å². The minimum atomic E-state index is -0.628. The van der Waals surface area contributed by atoms with Crippen LogP contribution in [-0.4, -0.2) is 18.2 Å². The van der Waals surface area contributed by atoms with Crippen molar-refractivity contribution < 1.29 is 9.13 Å². The van der Waals surface area contributed by atoms with E-state index in [9.17, 15) is 9.65 Å². The van der Waals surface area contributed by atoms with E-state index in [1.807, 2.05) is 20.8 Å². The molecular weight excluding hydrogens is 255 g/mol. The maximum Gasteiger partial charge on any atom is 0.126 e. The number of nitrogens with one attached hydrogen (secondary N) is 1. The lowest BCUT2D eigenvalue weighted by molar-refractivity contribution is 0.178. The van der Waals surface area contributed by atoms with Gasteiger partial charge in [0.1, 0.15) is 17.1 Å². The molecule has 0 heterocycles. The lowest BCUT2D eigenvalue weighted by Gasteiger charge is -2.27. The lowest BCUT2D eigenvalue weighted by Crippen LogP contribution is -2.44. The van der Waals surface area contributed by atoms with Crippen molar-refractivity contribution in [3.63, 3.8) is 0 Å². The molecule has 3 nitrogen and oxygen atoms in total. The molecule has 0 saturated carbocycles. The highest BCUT2D eigenvalue weighted by Crippen LogP contribution is 2.22. The van der Waals surface area contributed by atoms with Crippen LogP contribution in [0, 0.1) is 24.1 Å². The van der Waals surface area contributed by atoms with Gasteiger partial charge in [-0.05, 0) is 45.4 Å². The van der Waals surface area contributed by atoms with Gasteiger partial charge in [0.25, 0.3) is 0 Å². The van der Waals surface area contributed by atoms with Gasteiger partial charge < -0.3 is 4.74 Å². The van der Waals surface area contributed by atoms with Crippen LogP contribution in [0.3, 0.4) is 0 Å². The Kier molecular flexibility index (Phi) is 5.97. The number of benzene rings is 1. The predicted octanol–water partition coefficient (Wildman–Crippen LogP) is 3.57. The minimum absolute atomic E-state index is 0.176. The molecule has 0 aliphatic carbocycles. The molecule has 4 heteroatoms. The van der Waals surface area contributed by atoms with Crippen molar-refractivity contribution in [1.29, 1.82) is 5.26 Å². The molecule has 1 rings (SSSR count). The van der Waals surface area contributed by atoms with Gasteiger partial charge in [-0.2, -0.15) is 5.26 Å². The summed E-state index contributed by atoms with van der Waals surface area (Å²) in [5.74, 6) is 0.221. The summed E-state index contributed by atoms with van der Waals surface area (Å²) in [4.78, 5) is 0. The van der Waals surface area contributed by atoms with E-state index >= 15 is 0 Å². The maximum atomic E-state index is 13.2. The van der Waals surface area contributed by atoms with Gasteiger partial charge in [0.15, 0.2) is 0 Å². The Morgan fingerprint density at radius 3 is 2.80 bits per heavy atom. The Labute approximate surface area is 120 Å². The number of rotatable bonds is 7. The number of hydrogen-bond acceptors (Lipinski definition) is 3. The number of nitrogens with zero attached hydrogens (tertiary/aromatic N) is 1. The third kappa shape index (κ3) is 4.82. The molecule has 110 valence electrons. The van der Waals surface area contributed by atoms with Crippen LogP contribution in [-0.2, 0) is 0 Å². The molecule has 0 fully saturated rings. The third-order valence-electron chi connectivity index (χ3n) is 3.19. The summed E-state index contributed by atoms with van der Waals surface area (Å²) in [6, 6.07) is 6.78. The highest BCUT2D eigenvalue weighted by atomic mass is 19.1. The molecule has 0 aliphatic heterocycles. The van der Waals surface area contributed by atoms with Crippen LogP contribution in [0.4, 0.5) is 4.39 Å². The molecule has 0 spiro atoms. The van der Waals surface area contributed by atoms with Gasteiger partial charge in [0.05, 0.1) is 12.2 Å². The fourth-order valence-corrected chi connectivity index (χ4v) is 2.09. The second-order valence-electron chi connectivity index (χ2n) is 5.41. The molecule has 2 unspecified atom stereocenters. The number of halogens is 1. The summed E-state index contributed by atoms with van der Waals surface area (Å²) >= 11 is 0. The van der Waals surface area contributed by atoms with E-state index in [0.717, 1.165) is 18.5 Å². The van der Waals surface area contributed by atoms with Crippen molar-refractivity contribution in [1.82, 2.24) is 5.32 Å². The minimum Gasteiger partial charge on any atom is -0.490 e. The number of nitriles is 1. The van der Waals surface area contributed by atoms with Crippen molar-refractivity contribution in [2.45, 2.75) is 52.2 Å². The van der Waals surface area contributed by atoms with E-state index in [4.69, 9.17) is 4.74 Å². The first kappa shape index (κ1) is 16.5. The fourth-order valence-electron chi connectivity index (χ4n) is 2.09. The van der Waals surface area contributed by atoms with Crippen molar-refractivity contribution in [3.8, 4) is 11.8 Å². The molecule has 1 aromatic carbocycles. The first-order valence-electron chi connectivity index (χ1n) is 6.99. The van der Waals surface area contributed by atoms with Gasteiger partial charge in [0, 0.05) is 12.5 Å². The monoisotopic (exact) mass is 278 g/mol. The van der Waals surface area contributed by atoms with Crippen molar-refractivity contribution >= 4 is 0 Å². The second kappa shape index (κ2) is 7.25. The van der Waals surface area contributed by atoms with Crippen molar-refractivity contribution in [2.24, 2.45) is 0 Å². The van der Waals surface area contributed by atoms with Gasteiger partial charge in [-0.25, -0.2) is 4.39 Å². The molecule has 0 aliphatic rings. The van der Waals surface area contributed by atoms with E-state index in [1.54, 1.807) is 6.07 Å². The van der Waals surface area contributed by atoms with Crippen LogP contribution in [0.1, 0.15) is 39.2 Å². The summed E-state index contributed by atoms with van der Waals surface area (Å²) in [7, 11) is 0. The first-order valence-corrected chi connectivity index (χ1v) is 6.99. The zero-order chi connectivity index (χ0) is 15.2. The van der Waals surface area contributed by atoms with Gasteiger partial charge in [-0.1, -0.05) is 13.0 Å². The van der Waals surface area contributed by atoms with Gasteiger partial charge >= 0.3 is 0 Å². The summed E-state index contributed by atoms with van der Waals surface area (Å²) in [5, 5.41) is 12.5. The molecular formula is C16H23FN2O. The summed E-state index contributed by atoms with van der Waals surface area (Å²) in [6.45, 7) is 8.48. The van der Waals surface area contributed by atoms with E-state index in [0.29, 0.717) is 12.2 Å². The SMILES string of the molecule is CCCNC(C)(C#N)CC(C)Oc1cc(F)ccc1C. The van der Waals surface area contributed by atoms with Crippen molar-refractivity contribution in [2.75, 3.05) is 6.54 Å². The molecule has 0 amide bonds. The molecule has 2 atom stereocenters. The highest BCUT2D eigenvalue weighted by molar-refractivity contribution is 5.32. The Morgan fingerprint density at radius 2 is 2.20 bits per heavy atom. The van der Waals surface area contributed by atoms with Gasteiger partial charge in [-0.15, -0.1) is 0 Å². The van der Waals surface area contributed by atoms with E-state index in [-0.39, 0.29) is 11.9 Å². The smallest absolute Gasteiger partial charge is 0.126 e. The largest absolute Gasteiger partial charge is 0.490 e. The lowest BCUT2D eigenvalue weighted by atomic mass is 9.96. The second-order valence-corrected chi connectivity index (χ2v) is 5.41. The summed E-state index contributed by atoms with van der Waals surface area (Å²) in [5.41, 5.74) is 0.259. The Balaban J connectivity index is 2.69. The molecule has 1 aromatic rings. The molecule has 1 N–H and O–H groups in total. The van der Waals surface area contributed by atoms with Crippen LogP contribution < -0.4 is 10.1 Å². The summed E-state index contributed by atoms with van der Waals surface area (Å²) < 4.78 is 19.0. The Morgan fingerprint density at radius 1 is 1.50 bits per heavy atom. The predicted molar refractivity (Wildman–Crippen MR) is 78.2 cm³/mol. The zero-order valence-electron chi connectivity index (χ0n) is 12.7. The van der Waals surface area contributed by atoms with Crippen LogP contribution >= 0.6 is 0 Å². The fraction of sp³-hybridized carbons (Fsp3) is 0.562. The van der Waals surface area contributed by atoms with Crippen LogP contribution in [0.15, 0.2) is 18.2 Å². The molecule has 20 heavy (non-hydrogen) atoms. The van der Waals surface area contributed by atoms with E-state index in [2.05, 4.69) is 18.3 Å². The standard InChI is InChI=1S/C16H23FN2O/c1-5-8-19-16(4,11-18)10-13(3)20-15-9-14(17)7-6-12(15)2/h6-7,9,13,19H,5,8,10H2,1-4H3. The maximum absolute atomic E-state index is 13.2. The molecule has 0 aromatic heterocycles. The van der Waals surface area contributed by atoms with Gasteiger partial charge in [0.2, 0.25) is 0 Å². The number of hydrogen-bond donors (Lipinski definition) is 1. The quantitative estimate of drug-likeness (QED) is 0.829. The third-order valence-corrected chi connectivity index (χ3v) is 3.19. The Hall–Kier alpha value is -1.60. The molecule has 0 radical (unpaired) electrons. The average Bonchev–Trinajstić information content (AvgIpc) is 2.40. The van der Waals surface area contributed by atoms with E-state index in [1.165, 1.54) is 12.1 Å². The van der Waals surface area contributed by atoms with Gasteiger partial charge in [-0.3, -0.25) is 5.32 Å². The summed E-state index contributed by atoms with van der Waals surface area (Å²) in [6.07, 6.45) is 1.33. The molecule has 0 saturated heterocycles. The Bertz CT molecular complexity index is 484. The first-order chi connectivity index (χ1) is 9.40.